The van der Waals surface area contributed by atoms with Crippen LogP contribution >= 0.6 is 13.5 Å². The van der Waals surface area contributed by atoms with Crippen molar-refractivity contribution in [2.24, 2.45) is 0 Å². The molecule has 90 valence electrons. The molecule has 0 atom stereocenters. The molecule has 0 aromatic rings. The maximum atomic E-state index is 11.0. The third-order valence-corrected chi connectivity index (χ3v) is 1.94. The summed E-state index contributed by atoms with van der Waals surface area (Å²) in [4.78, 5) is 21.1. The third-order valence-electron chi connectivity index (χ3n) is 1.94. The van der Waals surface area contributed by atoms with Gasteiger partial charge in [0.05, 0.1) is 0 Å². The minimum Gasteiger partial charge on any atom is -0.480 e. The van der Waals surface area contributed by atoms with E-state index in [2.05, 4.69) is 12.2 Å². The molecule has 4 nitrogen and oxygen atoms in total. The van der Waals surface area contributed by atoms with Gasteiger partial charge in [0.25, 0.3) is 0 Å². The van der Waals surface area contributed by atoms with Crippen LogP contribution < -0.4 is 5.32 Å². The highest BCUT2D eigenvalue weighted by Gasteiger charge is 2.02. The predicted molar refractivity (Wildman–Crippen MR) is 64.4 cm³/mol. The lowest BCUT2D eigenvalue weighted by molar-refractivity contribution is -0.137. The standard InChI is InChI=1S/C10H19NO3.H2S/c1-2-3-4-5-6-7-9(12)11-8-10(13)14;/h2-8H2,1H3,(H,11,12)(H,13,14);1H2. The van der Waals surface area contributed by atoms with Crippen molar-refractivity contribution in [3.63, 3.8) is 0 Å². The van der Waals surface area contributed by atoms with E-state index in [1.165, 1.54) is 12.8 Å². The van der Waals surface area contributed by atoms with Gasteiger partial charge in [0.15, 0.2) is 0 Å². The number of carboxylic acids is 1. The van der Waals surface area contributed by atoms with Crippen LogP contribution in [0.3, 0.4) is 0 Å². The Morgan fingerprint density at radius 2 is 1.73 bits per heavy atom. The average Bonchev–Trinajstić information content (AvgIpc) is 2.14. The molecule has 0 saturated carbocycles. The molecule has 0 aliphatic heterocycles. The Morgan fingerprint density at radius 3 is 2.27 bits per heavy atom. The van der Waals surface area contributed by atoms with Gasteiger partial charge in [-0.1, -0.05) is 32.6 Å². The number of unbranched alkanes of at least 4 members (excludes halogenated alkanes) is 4. The highest BCUT2D eigenvalue weighted by Crippen LogP contribution is 2.04. The van der Waals surface area contributed by atoms with Crippen LogP contribution in [0.25, 0.3) is 0 Å². The van der Waals surface area contributed by atoms with Crippen molar-refractivity contribution < 1.29 is 14.7 Å². The Labute approximate surface area is 97.9 Å². The molecule has 1 amide bonds. The van der Waals surface area contributed by atoms with E-state index in [0.717, 1.165) is 19.3 Å². The Morgan fingerprint density at radius 1 is 1.13 bits per heavy atom. The summed E-state index contributed by atoms with van der Waals surface area (Å²) in [7, 11) is 0. The second-order valence-corrected chi connectivity index (χ2v) is 3.33. The second kappa shape index (κ2) is 11.4. The number of carboxylic acid groups (broad SMARTS) is 1. The monoisotopic (exact) mass is 235 g/mol. The SMILES string of the molecule is CCCCCCCC(=O)NCC(=O)O.S. The number of amides is 1. The Bertz CT molecular complexity index is 186. The van der Waals surface area contributed by atoms with Gasteiger partial charge in [0, 0.05) is 6.42 Å². The van der Waals surface area contributed by atoms with Crippen molar-refractivity contribution in [2.45, 2.75) is 45.4 Å². The Kier molecular flexibility index (Phi) is 12.7. The van der Waals surface area contributed by atoms with E-state index in [-0.39, 0.29) is 25.9 Å². The number of hydrogen-bond donors (Lipinski definition) is 2. The van der Waals surface area contributed by atoms with E-state index in [9.17, 15) is 9.59 Å². The van der Waals surface area contributed by atoms with Crippen molar-refractivity contribution in [3.8, 4) is 0 Å². The lowest BCUT2D eigenvalue weighted by Gasteiger charge is -2.01. The molecule has 2 N–H and O–H groups in total. The minimum absolute atomic E-state index is 0. The molecule has 0 heterocycles. The smallest absolute Gasteiger partial charge is 0.322 e. The van der Waals surface area contributed by atoms with Crippen LogP contribution in [-0.4, -0.2) is 23.5 Å². The van der Waals surface area contributed by atoms with Gasteiger partial charge < -0.3 is 10.4 Å². The minimum atomic E-state index is -0.996. The van der Waals surface area contributed by atoms with Crippen molar-refractivity contribution >= 4 is 25.4 Å². The lowest BCUT2D eigenvalue weighted by atomic mass is 10.1. The third kappa shape index (κ3) is 13.3. The van der Waals surface area contributed by atoms with Crippen LogP contribution in [0.15, 0.2) is 0 Å². The van der Waals surface area contributed by atoms with E-state index >= 15 is 0 Å². The molecule has 0 rings (SSSR count). The maximum Gasteiger partial charge on any atom is 0.322 e. The Hall–Kier alpha value is -0.710. The first-order chi connectivity index (χ1) is 6.66. The summed E-state index contributed by atoms with van der Waals surface area (Å²) in [6.07, 6.45) is 5.89. The lowest BCUT2D eigenvalue weighted by Crippen LogP contribution is -2.28. The molecule has 0 aromatic heterocycles. The molecule has 0 aliphatic rings. The van der Waals surface area contributed by atoms with E-state index in [1.54, 1.807) is 0 Å². The van der Waals surface area contributed by atoms with Crippen molar-refractivity contribution in [1.29, 1.82) is 0 Å². The number of aliphatic carboxylic acids is 1. The summed E-state index contributed by atoms with van der Waals surface area (Å²) in [5, 5.41) is 10.6. The van der Waals surface area contributed by atoms with Gasteiger partial charge in [0.2, 0.25) is 5.91 Å². The largest absolute Gasteiger partial charge is 0.480 e. The highest BCUT2D eigenvalue weighted by atomic mass is 32.1. The van der Waals surface area contributed by atoms with Crippen LogP contribution in [0.4, 0.5) is 0 Å². The molecule has 0 saturated heterocycles. The molecular formula is C10H21NO3S. The zero-order chi connectivity index (χ0) is 10.8. The summed E-state index contributed by atoms with van der Waals surface area (Å²) in [5.41, 5.74) is 0. The summed E-state index contributed by atoms with van der Waals surface area (Å²) in [6, 6.07) is 0. The van der Waals surface area contributed by atoms with Crippen LogP contribution in [0.2, 0.25) is 0 Å². The fourth-order valence-electron chi connectivity index (χ4n) is 1.15. The van der Waals surface area contributed by atoms with E-state index in [4.69, 9.17) is 5.11 Å². The van der Waals surface area contributed by atoms with Crippen LogP contribution in [0.1, 0.15) is 45.4 Å². The fraction of sp³-hybridized carbons (Fsp3) is 0.800. The average molecular weight is 235 g/mol. The van der Waals surface area contributed by atoms with Crippen molar-refractivity contribution in [1.82, 2.24) is 5.32 Å². The molecule has 0 unspecified atom stereocenters. The first-order valence-electron chi connectivity index (χ1n) is 5.15. The molecule has 0 aromatic carbocycles. The summed E-state index contributed by atoms with van der Waals surface area (Å²) in [6.45, 7) is 1.87. The molecule has 0 radical (unpaired) electrons. The number of hydrogen-bond acceptors (Lipinski definition) is 2. The van der Waals surface area contributed by atoms with Crippen molar-refractivity contribution in [3.05, 3.63) is 0 Å². The fourth-order valence-corrected chi connectivity index (χ4v) is 1.15. The van der Waals surface area contributed by atoms with Gasteiger partial charge in [-0.05, 0) is 6.42 Å². The van der Waals surface area contributed by atoms with Gasteiger partial charge in [-0.2, -0.15) is 13.5 Å². The van der Waals surface area contributed by atoms with Gasteiger partial charge in [-0.25, -0.2) is 0 Å². The van der Waals surface area contributed by atoms with Crippen LogP contribution in [0, 0.1) is 0 Å². The molecule has 0 bridgehead atoms. The molecular weight excluding hydrogens is 214 g/mol. The quantitative estimate of drug-likeness (QED) is 0.629. The zero-order valence-corrected chi connectivity index (χ0v) is 10.2. The first-order valence-corrected chi connectivity index (χ1v) is 5.15. The maximum absolute atomic E-state index is 11.0. The zero-order valence-electron chi connectivity index (χ0n) is 9.21. The van der Waals surface area contributed by atoms with Gasteiger partial charge >= 0.3 is 5.97 Å². The molecule has 0 aliphatic carbocycles. The summed E-state index contributed by atoms with van der Waals surface area (Å²) >= 11 is 0. The number of carbonyl (C=O) groups is 2. The summed E-state index contributed by atoms with van der Waals surface area (Å²) < 4.78 is 0. The highest BCUT2D eigenvalue weighted by molar-refractivity contribution is 7.59. The molecule has 15 heavy (non-hydrogen) atoms. The van der Waals surface area contributed by atoms with Gasteiger partial charge in [0.1, 0.15) is 6.54 Å². The number of nitrogens with one attached hydrogen (secondary N) is 1. The molecule has 0 fully saturated rings. The van der Waals surface area contributed by atoms with Crippen LogP contribution in [-0.2, 0) is 9.59 Å². The first kappa shape index (κ1) is 16.7. The molecule has 0 spiro atoms. The normalized spacial score (nSPS) is 9.13. The van der Waals surface area contributed by atoms with Gasteiger partial charge in [-0.3, -0.25) is 9.59 Å². The van der Waals surface area contributed by atoms with Crippen LogP contribution in [0.5, 0.6) is 0 Å². The number of rotatable bonds is 8. The van der Waals surface area contributed by atoms with E-state index < -0.39 is 5.97 Å². The van der Waals surface area contributed by atoms with E-state index in [1.807, 2.05) is 0 Å². The van der Waals surface area contributed by atoms with Crippen molar-refractivity contribution in [2.75, 3.05) is 6.54 Å². The topological polar surface area (TPSA) is 66.4 Å². The van der Waals surface area contributed by atoms with E-state index in [0.29, 0.717) is 6.42 Å². The molecule has 5 heteroatoms. The summed E-state index contributed by atoms with van der Waals surface area (Å²) in [5.74, 6) is -1.16. The second-order valence-electron chi connectivity index (χ2n) is 3.33. The van der Waals surface area contributed by atoms with Gasteiger partial charge in [-0.15, -0.1) is 0 Å². The Balaban J connectivity index is 0. The number of carbonyl (C=O) groups excluding carboxylic acids is 1. The predicted octanol–water partition coefficient (Wildman–Crippen LogP) is 1.66.